The Kier molecular flexibility index (Phi) is 2.51. The van der Waals surface area contributed by atoms with Crippen molar-refractivity contribution in [3.63, 3.8) is 0 Å². The third-order valence-corrected chi connectivity index (χ3v) is 5.63. The molecule has 3 unspecified atom stereocenters. The van der Waals surface area contributed by atoms with Gasteiger partial charge in [-0.2, -0.15) is 17.4 Å². The first-order valence-electron chi connectivity index (χ1n) is 6.02. The van der Waals surface area contributed by atoms with Crippen molar-refractivity contribution in [3.05, 3.63) is 0 Å². The van der Waals surface area contributed by atoms with Gasteiger partial charge in [-0.3, -0.25) is 0 Å². The average molecular weight is 246 g/mol. The molecule has 2 aliphatic carbocycles. The van der Waals surface area contributed by atoms with Gasteiger partial charge in [-0.1, -0.05) is 0 Å². The Hall–Kier alpha value is -0.170. The fourth-order valence-corrected chi connectivity index (χ4v) is 4.44. The van der Waals surface area contributed by atoms with Crippen LogP contribution < -0.4 is 4.72 Å². The molecule has 3 rings (SSSR count). The second-order valence-corrected chi connectivity index (χ2v) is 6.99. The van der Waals surface area contributed by atoms with Crippen molar-refractivity contribution < 1.29 is 13.5 Å². The molecular formula is C10H18N2O3S. The van der Waals surface area contributed by atoms with Crippen molar-refractivity contribution in [1.29, 1.82) is 0 Å². The van der Waals surface area contributed by atoms with Gasteiger partial charge < -0.3 is 5.11 Å². The Bertz CT molecular complexity index is 380. The van der Waals surface area contributed by atoms with Crippen LogP contribution in [0.5, 0.6) is 0 Å². The van der Waals surface area contributed by atoms with Gasteiger partial charge in [0.1, 0.15) is 0 Å². The Morgan fingerprint density at radius 1 is 1.12 bits per heavy atom. The summed E-state index contributed by atoms with van der Waals surface area (Å²) in [5.41, 5.74) is 0. The van der Waals surface area contributed by atoms with Crippen LogP contribution in [0.4, 0.5) is 0 Å². The monoisotopic (exact) mass is 246 g/mol. The highest BCUT2D eigenvalue weighted by molar-refractivity contribution is 7.87. The van der Waals surface area contributed by atoms with E-state index in [2.05, 4.69) is 4.72 Å². The van der Waals surface area contributed by atoms with E-state index in [-0.39, 0.29) is 18.1 Å². The summed E-state index contributed by atoms with van der Waals surface area (Å²) in [4.78, 5) is 0. The van der Waals surface area contributed by atoms with Crippen molar-refractivity contribution in [2.24, 2.45) is 11.8 Å². The molecule has 1 aliphatic heterocycles. The summed E-state index contributed by atoms with van der Waals surface area (Å²) < 4.78 is 28.1. The van der Waals surface area contributed by atoms with Crippen LogP contribution in [-0.2, 0) is 10.2 Å². The second kappa shape index (κ2) is 3.66. The smallest absolute Gasteiger partial charge is 0.279 e. The maximum atomic E-state index is 12.0. The third-order valence-electron chi connectivity index (χ3n) is 4.02. The predicted molar refractivity (Wildman–Crippen MR) is 58.9 cm³/mol. The number of nitrogens with zero attached hydrogens (tertiary/aromatic N) is 1. The average Bonchev–Trinajstić information content (AvgIpc) is 2.79. The first-order chi connectivity index (χ1) is 7.56. The normalized spacial score (nSPS) is 40.2. The third kappa shape index (κ3) is 1.88. The van der Waals surface area contributed by atoms with Crippen LogP contribution in [0.2, 0.25) is 0 Å². The van der Waals surface area contributed by atoms with Crippen LogP contribution in [0.25, 0.3) is 0 Å². The molecule has 0 bridgehead atoms. The molecule has 0 radical (unpaired) electrons. The minimum Gasteiger partial charge on any atom is -0.393 e. The molecule has 0 spiro atoms. The maximum absolute atomic E-state index is 12.0. The molecule has 2 N–H and O–H groups in total. The SMILES string of the molecule is O=S(=O)(NC1CC1)N1CC2CCC(O)C2C1. The van der Waals surface area contributed by atoms with E-state index in [0.29, 0.717) is 19.0 Å². The van der Waals surface area contributed by atoms with Crippen molar-refractivity contribution in [3.8, 4) is 0 Å². The largest absolute Gasteiger partial charge is 0.393 e. The molecular weight excluding hydrogens is 228 g/mol. The lowest BCUT2D eigenvalue weighted by Gasteiger charge is -2.18. The van der Waals surface area contributed by atoms with E-state index in [9.17, 15) is 13.5 Å². The molecule has 1 saturated heterocycles. The molecule has 92 valence electrons. The molecule has 6 heteroatoms. The van der Waals surface area contributed by atoms with E-state index in [1.54, 1.807) is 0 Å². The molecule has 1 heterocycles. The highest BCUT2D eigenvalue weighted by atomic mass is 32.2. The lowest BCUT2D eigenvalue weighted by Crippen LogP contribution is -2.41. The summed E-state index contributed by atoms with van der Waals surface area (Å²) in [5.74, 6) is 0.529. The van der Waals surface area contributed by atoms with Gasteiger partial charge in [0.25, 0.3) is 10.2 Å². The van der Waals surface area contributed by atoms with Gasteiger partial charge in [-0.25, -0.2) is 0 Å². The zero-order chi connectivity index (χ0) is 11.3. The van der Waals surface area contributed by atoms with Crippen molar-refractivity contribution >= 4 is 10.2 Å². The van der Waals surface area contributed by atoms with Crippen molar-refractivity contribution in [1.82, 2.24) is 9.03 Å². The minimum absolute atomic E-state index is 0.162. The van der Waals surface area contributed by atoms with E-state index in [0.717, 1.165) is 25.7 Å². The number of nitrogens with one attached hydrogen (secondary N) is 1. The molecule has 3 aliphatic rings. The predicted octanol–water partition coefficient (Wildman–Crippen LogP) is -0.314. The molecule has 0 aromatic rings. The number of aliphatic hydroxyl groups excluding tert-OH is 1. The second-order valence-electron chi connectivity index (χ2n) is 5.28. The topological polar surface area (TPSA) is 69.6 Å². The Morgan fingerprint density at radius 2 is 1.88 bits per heavy atom. The van der Waals surface area contributed by atoms with Gasteiger partial charge in [0.05, 0.1) is 6.10 Å². The minimum atomic E-state index is -3.29. The van der Waals surface area contributed by atoms with E-state index in [1.807, 2.05) is 0 Å². The van der Waals surface area contributed by atoms with Gasteiger partial charge in [0.15, 0.2) is 0 Å². The number of fused-ring (bicyclic) bond motifs is 1. The lowest BCUT2D eigenvalue weighted by molar-refractivity contribution is 0.129. The van der Waals surface area contributed by atoms with Crippen LogP contribution in [0, 0.1) is 11.8 Å². The van der Waals surface area contributed by atoms with Crippen LogP contribution in [0.15, 0.2) is 0 Å². The van der Waals surface area contributed by atoms with Crippen LogP contribution in [-0.4, -0.2) is 43.1 Å². The Labute approximate surface area is 96.0 Å². The molecule has 3 fully saturated rings. The number of hydrogen-bond donors (Lipinski definition) is 2. The number of rotatable bonds is 3. The quantitative estimate of drug-likeness (QED) is 0.717. The summed E-state index contributed by atoms with van der Waals surface area (Å²) in [6, 6.07) is 0.162. The highest BCUT2D eigenvalue weighted by Crippen LogP contribution is 2.39. The highest BCUT2D eigenvalue weighted by Gasteiger charge is 2.46. The molecule has 3 atom stereocenters. The molecule has 5 nitrogen and oxygen atoms in total. The number of aliphatic hydroxyl groups is 1. The summed E-state index contributed by atoms with van der Waals surface area (Å²) in [7, 11) is -3.29. The first-order valence-corrected chi connectivity index (χ1v) is 7.46. The van der Waals surface area contributed by atoms with Gasteiger partial charge >= 0.3 is 0 Å². The number of hydrogen-bond acceptors (Lipinski definition) is 3. The summed E-state index contributed by atoms with van der Waals surface area (Å²) in [6.07, 6.45) is 3.41. The van der Waals surface area contributed by atoms with Crippen molar-refractivity contribution in [2.75, 3.05) is 13.1 Å². The van der Waals surface area contributed by atoms with E-state index in [1.165, 1.54) is 4.31 Å². The molecule has 0 aromatic carbocycles. The fraction of sp³-hybridized carbons (Fsp3) is 1.00. The van der Waals surface area contributed by atoms with Gasteiger partial charge in [0.2, 0.25) is 0 Å². The van der Waals surface area contributed by atoms with Gasteiger partial charge in [0, 0.05) is 25.0 Å². The first kappa shape index (κ1) is 11.0. The van der Waals surface area contributed by atoms with E-state index in [4.69, 9.17) is 0 Å². The van der Waals surface area contributed by atoms with E-state index < -0.39 is 10.2 Å². The summed E-state index contributed by atoms with van der Waals surface area (Å²) in [5, 5.41) is 9.74. The zero-order valence-electron chi connectivity index (χ0n) is 9.17. The van der Waals surface area contributed by atoms with Crippen molar-refractivity contribution in [2.45, 2.75) is 37.8 Å². The molecule has 0 aromatic heterocycles. The Balaban J connectivity index is 1.68. The fourth-order valence-electron chi connectivity index (χ4n) is 2.88. The Morgan fingerprint density at radius 3 is 2.50 bits per heavy atom. The van der Waals surface area contributed by atoms with Crippen LogP contribution in [0.3, 0.4) is 0 Å². The van der Waals surface area contributed by atoms with Crippen LogP contribution in [0.1, 0.15) is 25.7 Å². The summed E-state index contributed by atoms with van der Waals surface area (Å²) in [6.45, 7) is 1.08. The molecule has 0 amide bonds. The van der Waals surface area contributed by atoms with E-state index >= 15 is 0 Å². The van der Waals surface area contributed by atoms with Crippen LogP contribution >= 0.6 is 0 Å². The molecule has 2 saturated carbocycles. The lowest BCUT2D eigenvalue weighted by atomic mass is 10.00. The molecule has 16 heavy (non-hydrogen) atoms. The standard InChI is InChI=1S/C10H18N2O3S/c13-10-4-1-7-5-12(6-9(7)10)16(14,15)11-8-2-3-8/h7-11,13H,1-6H2. The van der Waals surface area contributed by atoms with Gasteiger partial charge in [-0.15, -0.1) is 0 Å². The maximum Gasteiger partial charge on any atom is 0.279 e. The van der Waals surface area contributed by atoms with Gasteiger partial charge in [-0.05, 0) is 31.6 Å². The zero-order valence-corrected chi connectivity index (χ0v) is 9.99. The summed E-state index contributed by atoms with van der Waals surface area (Å²) >= 11 is 0.